The summed E-state index contributed by atoms with van der Waals surface area (Å²) in [5, 5.41) is 24.8. The Balaban J connectivity index is 1.63. The molecule has 1 unspecified atom stereocenters. The van der Waals surface area contributed by atoms with E-state index in [9.17, 15) is 5.26 Å². The third-order valence-electron chi connectivity index (χ3n) is 3.23. The van der Waals surface area contributed by atoms with E-state index in [-0.39, 0.29) is 5.54 Å². The predicted molar refractivity (Wildman–Crippen MR) is 73.5 cm³/mol. The normalized spacial score (nSPS) is 17.9. The summed E-state index contributed by atoms with van der Waals surface area (Å²) < 4.78 is 1.68. The molecule has 1 heterocycles. The van der Waals surface area contributed by atoms with E-state index in [2.05, 4.69) is 26.9 Å². The number of rotatable bonds is 8. The van der Waals surface area contributed by atoms with E-state index in [1.807, 2.05) is 14.0 Å². The highest BCUT2D eigenvalue weighted by molar-refractivity contribution is 7.99. The van der Waals surface area contributed by atoms with Crippen LogP contribution in [0.3, 0.4) is 0 Å². The summed E-state index contributed by atoms with van der Waals surface area (Å²) in [7, 11) is 1.84. The van der Waals surface area contributed by atoms with Crippen molar-refractivity contribution in [2.75, 3.05) is 5.75 Å². The molecular weight excluding hydrogens is 260 g/mol. The summed E-state index contributed by atoms with van der Waals surface area (Å²) >= 11 is 1.66. The van der Waals surface area contributed by atoms with Gasteiger partial charge in [-0.1, -0.05) is 11.8 Å². The van der Waals surface area contributed by atoms with Crippen molar-refractivity contribution < 1.29 is 0 Å². The molecule has 1 aromatic rings. The predicted octanol–water partition coefficient (Wildman–Crippen LogP) is 1.51. The molecule has 1 saturated carbocycles. The molecule has 7 heteroatoms. The van der Waals surface area contributed by atoms with Crippen molar-refractivity contribution in [3.8, 4) is 6.07 Å². The lowest BCUT2D eigenvalue weighted by atomic mass is 9.96. The van der Waals surface area contributed by atoms with Crippen LogP contribution in [0.2, 0.25) is 0 Å². The van der Waals surface area contributed by atoms with Crippen molar-refractivity contribution in [3.05, 3.63) is 0 Å². The van der Waals surface area contributed by atoms with Gasteiger partial charge in [0.25, 0.3) is 0 Å². The van der Waals surface area contributed by atoms with Gasteiger partial charge in [-0.15, -0.1) is 5.10 Å². The Kier molecular flexibility index (Phi) is 4.77. The number of aryl methyl sites for hydroxylation is 1. The summed E-state index contributed by atoms with van der Waals surface area (Å²) in [6.07, 6.45) is 5.44. The molecule has 1 aliphatic rings. The molecule has 1 fully saturated rings. The van der Waals surface area contributed by atoms with Gasteiger partial charge in [0.05, 0.1) is 6.07 Å². The quantitative estimate of drug-likeness (QED) is 0.574. The SMILES string of the molecule is Cn1nnnc1SCCCCC(C)(C#N)NC1CC1. The van der Waals surface area contributed by atoms with Crippen LogP contribution in [0.15, 0.2) is 5.16 Å². The monoisotopic (exact) mass is 280 g/mol. The molecule has 1 aromatic heterocycles. The van der Waals surface area contributed by atoms with Crippen LogP contribution in [0.5, 0.6) is 0 Å². The Bertz CT molecular complexity index is 449. The van der Waals surface area contributed by atoms with Crippen molar-refractivity contribution >= 4 is 11.8 Å². The van der Waals surface area contributed by atoms with Crippen LogP contribution in [-0.4, -0.2) is 37.5 Å². The van der Waals surface area contributed by atoms with Crippen LogP contribution >= 0.6 is 11.8 Å². The molecule has 0 amide bonds. The van der Waals surface area contributed by atoms with Crippen LogP contribution in [0.1, 0.15) is 39.0 Å². The number of nitrogens with zero attached hydrogens (tertiary/aromatic N) is 5. The summed E-state index contributed by atoms with van der Waals surface area (Å²) in [6.45, 7) is 2.01. The fourth-order valence-electron chi connectivity index (χ4n) is 1.93. The molecule has 0 aliphatic heterocycles. The van der Waals surface area contributed by atoms with Gasteiger partial charge in [-0.2, -0.15) is 5.26 Å². The molecule has 0 spiro atoms. The van der Waals surface area contributed by atoms with E-state index >= 15 is 0 Å². The van der Waals surface area contributed by atoms with Gasteiger partial charge in [0.2, 0.25) is 5.16 Å². The molecular formula is C12H20N6S. The van der Waals surface area contributed by atoms with Gasteiger partial charge in [0.1, 0.15) is 5.54 Å². The second-order valence-corrected chi connectivity index (χ2v) is 6.32. The minimum absolute atomic E-state index is 0.363. The van der Waals surface area contributed by atoms with Crippen molar-refractivity contribution in [1.29, 1.82) is 5.26 Å². The Morgan fingerprint density at radius 2 is 2.32 bits per heavy atom. The van der Waals surface area contributed by atoms with E-state index in [0.29, 0.717) is 6.04 Å². The van der Waals surface area contributed by atoms with Crippen molar-refractivity contribution in [1.82, 2.24) is 25.5 Å². The van der Waals surface area contributed by atoms with E-state index in [0.717, 1.165) is 30.2 Å². The van der Waals surface area contributed by atoms with E-state index in [1.54, 1.807) is 16.4 Å². The van der Waals surface area contributed by atoms with Gasteiger partial charge in [0, 0.05) is 18.8 Å². The van der Waals surface area contributed by atoms with E-state index < -0.39 is 0 Å². The Morgan fingerprint density at radius 3 is 2.89 bits per heavy atom. The molecule has 0 saturated heterocycles. The highest BCUT2D eigenvalue weighted by Crippen LogP contribution is 2.25. The second kappa shape index (κ2) is 6.35. The zero-order valence-electron chi connectivity index (χ0n) is 11.5. The average molecular weight is 280 g/mol. The van der Waals surface area contributed by atoms with Gasteiger partial charge >= 0.3 is 0 Å². The first-order valence-electron chi connectivity index (χ1n) is 6.67. The number of nitrogens with one attached hydrogen (secondary N) is 1. The molecule has 0 radical (unpaired) electrons. The standard InChI is InChI=1S/C12H20N6S/c1-12(9-13,14-10-5-6-10)7-3-4-8-19-11-15-16-17-18(11)2/h10,14H,3-8H2,1-2H3. The molecule has 0 bridgehead atoms. The van der Waals surface area contributed by atoms with Gasteiger partial charge in [-0.3, -0.25) is 5.32 Å². The minimum atomic E-state index is -0.363. The number of tetrazole rings is 1. The number of hydrogen-bond acceptors (Lipinski definition) is 6. The van der Waals surface area contributed by atoms with Crippen molar-refractivity contribution in [3.63, 3.8) is 0 Å². The third-order valence-corrected chi connectivity index (χ3v) is 4.33. The number of thioether (sulfide) groups is 1. The van der Waals surface area contributed by atoms with Gasteiger partial charge in [0.15, 0.2) is 0 Å². The number of hydrogen-bond donors (Lipinski definition) is 1. The highest BCUT2D eigenvalue weighted by atomic mass is 32.2. The Labute approximate surface area is 117 Å². The molecule has 6 nitrogen and oxygen atoms in total. The lowest BCUT2D eigenvalue weighted by molar-refractivity contribution is 0.402. The number of nitriles is 1. The van der Waals surface area contributed by atoms with Crippen LogP contribution in [0, 0.1) is 11.3 Å². The van der Waals surface area contributed by atoms with Crippen molar-refractivity contribution in [2.45, 2.75) is 55.8 Å². The first-order valence-corrected chi connectivity index (χ1v) is 7.66. The summed E-state index contributed by atoms with van der Waals surface area (Å²) in [5.41, 5.74) is -0.363. The summed E-state index contributed by atoms with van der Waals surface area (Å²) in [5.74, 6) is 0.985. The fraction of sp³-hybridized carbons (Fsp3) is 0.833. The van der Waals surface area contributed by atoms with E-state index in [4.69, 9.17) is 0 Å². The van der Waals surface area contributed by atoms with Crippen LogP contribution in [0.4, 0.5) is 0 Å². The van der Waals surface area contributed by atoms with Crippen molar-refractivity contribution in [2.24, 2.45) is 7.05 Å². The summed E-state index contributed by atoms with van der Waals surface area (Å²) in [6, 6.07) is 2.98. The molecule has 1 aliphatic carbocycles. The maximum absolute atomic E-state index is 9.26. The largest absolute Gasteiger partial charge is 0.297 e. The van der Waals surface area contributed by atoms with E-state index in [1.165, 1.54) is 12.8 Å². The average Bonchev–Trinajstić information content (AvgIpc) is 3.11. The minimum Gasteiger partial charge on any atom is -0.297 e. The lowest BCUT2D eigenvalue weighted by Gasteiger charge is -2.23. The molecule has 104 valence electrons. The topological polar surface area (TPSA) is 79.4 Å². The molecule has 1 N–H and O–H groups in total. The van der Waals surface area contributed by atoms with Crippen LogP contribution < -0.4 is 5.32 Å². The molecule has 19 heavy (non-hydrogen) atoms. The molecule has 1 atom stereocenters. The van der Waals surface area contributed by atoms with Gasteiger partial charge in [-0.05, 0) is 49.5 Å². The van der Waals surface area contributed by atoms with Crippen LogP contribution in [0.25, 0.3) is 0 Å². The lowest BCUT2D eigenvalue weighted by Crippen LogP contribution is -2.42. The fourth-order valence-corrected chi connectivity index (χ4v) is 2.77. The Hall–Kier alpha value is -1.13. The first-order chi connectivity index (χ1) is 9.13. The maximum Gasteiger partial charge on any atom is 0.209 e. The van der Waals surface area contributed by atoms with Crippen LogP contribution in [-0.2, 0) is 7.05 Å². The zero-order chi connectivity index (χ0) is 13.7. The van der Waals surface area contributed by atoms with Gasteiger partial charge in [-0.25, -0.2) is 4.68 Å². The van der Waals surface area contributed by atoms with Gasteiger partial charge < -0.3 is 0 Å². The maximum atomic E-state index is 9.26. The molecule has 2 rings (SSSR count). The highest BCUT2D eigenvalue weighted by Gasteiger charge is 2.31. The Morgan fingerprint density at radius 1 is 1.53 bits per heavy atom. The second-order valence-electron chi connectivity index (χ2n) is 5.25. The third kappa shape index (κ3) is 4.48. The summed E-state index contributed by atoms with van der Waals surface area (Å²) in [4.78, 5) is 0. The number of aromatic nitrogens is 4. The molecule has 0 aromatic carbocycles. The number of unbranched alkanes of at least 4 members (excludes halogenated alkanes) is 1. The first kappa shape index (κ1) is 14.3. The zero-order valence-corrected chi connectivity index (χ0v) is 12.3. The smallest absolute Gasteiger partial charge is 0.209 e.